The van der Waals surface area contributed by atoms with Gasteiger partial charge < -0.3 is 4.74 Å². The zero-order chi connectivity index (χ0) is 18.2. The quantitative estimate of drug-likeness (QED) is 0.758. The van der Waals surface area contributed by atoms with Crippen LogP contribution in [-0.2, 0) is 9.59 Å². The van der Waals surface area contributed by atoms with Crippen LogP contribution in [0.1, 0.15) is 18.0 Å². The number of anilines is 1. The van der Waals surface area contributed by atoms with Gasteiger partial charge in [-0.3, -0.25) is 14.5 Å². The van der Waals surface area contributed by atoms with Crippen molar-refractivity contribution < 1.29 is 27.5 Å². The Hall–Kier alpha value is -2.54. The van der Waals surface area contributed by atoms with Crippen LogP contribution in [0, 0.1) is 0 Å². The average molecular weight is 370 g/mol. The summed E-state index contributed by atoms with van der Waals surface area (Å²) < 4.78 is 40.5. The fraction of sp³-hybridized carbons (Fsp3) is 0.176. The van der Waals surface area contributed by atoms with Crippen LogP contribution in [0.5, 0.6) is 5.75 Å². The molecule has 0 aromatic heterocycles. The maximum atomic E-state index is 12.2. The summed E-state index contributed by atoms with van der Waals surface area (Å²) in [6, 6.07) is 10.9. The number of Topliss-reactive ketones (excluding diaryl/α,β-unsaturated/α-hetero) is 1. The molecule has 1 aliphatic rings. The number of nitrogens with zero attached hydrogens (tertiary/aromatic N) is 1. The van der Waals surface area contributed by atoms with Gasteiger partial charge in [0.15, 0.2) is 0 Å². The molecular formula is C17H11ClF3NO3. The lowest BCUT2D eigenvalue weighted by molar-refractivity contribution is -0.274. The van der Waals surface area contributed by atoms with Gasteiger partial charge in [-0.2, -0.15) is 0 Å². The SMILES string of the molecule is O=C1CC(c2ccccc2Cl)N(c2ccc(OC(F)(F)F)cc2)C1=O. The molecule has 0 radical (unpaired) electrons. The van der Waals surface area contributed by atoms with Crippen LogP contribution in [0.3, 0.4) is 0 Å². The second kappa shape index (κ2) is 6.40. The van der Waals surface area contributed by atoms with Crippen molar-refractivity contribution in [1.29, 1.82) is 0 Å². The second-order valence-electron chi connectivity index (χ2n) is 5.38. The predicted octanol–water partition coefficient (Wildman–Crippen LogP) is 4.29. The van der Waals surface area contributed by atoms with Gasteiger partial charge in [-0.15, -0.1) is 13.2 Å². The van der Waals surface area contributed by atoms with E-state index in [0.717, 1.165) is 12.1 Å². The Morgan fingerprint density at radius 2 is 1.68 bits per heavy atom. The monoisotopic (exact) mass is 369 g/mol. The summed E-state index contributed by atoms with van der Waals surface area (Å²) in [6.07, 6.45) is -4.86. The standard InChI is InChI=1S/C17H11ClF3NO3/c18-13-4-2-1-3-12(13)14-9-15(23)16(24)22(14)10-5-7-11(8-6-10)25-17(19,20)21/h1-8,14H,9H2. The molecular weight excluding hydrogens is 359 g/mol. The van der Waals surface area contributed by atoms with Crippen molar-refractivity contribution in [3.8, 4) is 5.75 Å². The zero-order valence-corrected chi connectivity index (χ0v) is 13.3. The van der Waals surface area contributed by atoms with E-state index in [4.69, 9.17) is 11.6 Å². The highest BCUT2D eigenvalue weighted by atomic mass is 35.5. The summed E-state index contributed by atoms with van der Waals surface area (Å²) in [6.45, 7) is 0. The molecule has 1 atom stereocenters. The summed E-state index contributed by atoms with van der Waals surface area (Å²) in [4.78, 5) is 25.4. The number of amides is 1. The molecule has 2 aromatic carbocycles. The van der Waals surface area contributed by atoms with E-state index >= 15 is 0 Å². The molecule has 1 unspecified atom stereocenters. The molecule has 1 fully saturated rings. The third-order valence-corrected chi connectivity index (χ3v) is 4.10. The summed E-state index contributed by atoms with van der Waals surface area (Å²) in [5, 5.41) is 0.400. The molecule has 0 aliphatic carbocycles. The van der Waals surface area contributed by atoms with E-state index in [1.165, 1.54) is 17.0 Å². The van der Waals surface area contributed by atoms with Crippen LogP contribution in [0.2, 0.25) is 5.02 Å². The number of hydrogen-bond donors (Lipinski definition) is 0. The van der Waals surface area contributed by atoms with Crippen LogP contribution >= 0.6 is 11.6 Å². The molecule has 1 heterocycles. The molecule has 0 spiro atoms. The van der Waals surface area contributed by atoms with Crippen molar-refractivity contribution in [2.45, 2.75) is 18.8 Å². The number of carbonyl (C=O) groups excluding carboxylic acids is 2. The molecule has 3 rings (SSSR count). The van der Waals surface area contributed by atoms with E-state index in [2.05, 4.69) is 4.74 Å². The minimum Gasteiger partial charge on any atom is -0.406 e. The highest BCUT2D eigenvalue weighted by Crippen LogP contribution is 2.39. The topological polar surface area (TPSA) is 46.6 Å². The fourth-order valence-electron chi connectivity index (χ4n) is 2.73. The largest absolute Gasteiger partial charge is 0.573 e. The lowest BCUT2D eigenvalue weighted by Gasteiger charge is -2.25. The number of halogens is 4. The third kappa shape index (κ3) is 3.61. The van der Waals surface area contributed by atoms with Gasteiger partial charge in [0.2, 0.25) is 5.78 Å². The van der Waals surface area contributed by atoms with Gasteiger partial charge in [0, 0.05) is 17.1 Å². The molecule has 0 N–H and O–H groups in total. The van der Waals surface area contributed by atoms with Crippen molar-refractivity contribution in [2.24, 2.45) is 0 Å². The van der Waals surface area contributed by atoms with Crippen LogP contribution < -0.4 is 9.64 Å². The Bertz CT molecular complexity index is 821. The molecule has 0 saturated carbocycles. The summed E-state index contributed by atoms with van der Waals surface area (Å²) >= 11 is 6.16. The normalized spacial score (nSPS) is 17.9. The smallest absolute Gasteiger partial charge is 0.406 e. The van der Waals surface area contributed by atoms with E-state index in [1.54, 1.807) is 24.3 Å². The molecule has 8 heteroatoms. The molecule has 2 aromatic rings. The minimum absolute atomic E-state index is 0.0522. The second-order valence-corrected chi connectivity index (χ2v) is 5.79. The number of alkyl halides is 3. The number of hydrogen-bond acceptors (Lipinski definition) is 3. The van der Waals surface area contributed by atoms with Crippen molar-refractivity contribution in [1.82, 2.24) is 0 Å². The Morgan fingerprint density at radius 3 is 2.28 bits per heavy atom. The molecule has 1 amide bonds. The fourth-order valence-corrected chi connectivity index (χ4v) is 2.99. The highest BCUT2D eigenvalue weighted by Gasteiger charge is 2.41. The lowest BCUT2D eigenvalue weighted by Crippen LogP contribution is -2.29. The number of rotatable bonds is 3. The van der Waals surface area contributed by atoms with Crippen LogP contribution in [0.15, 0.2) is 48.5 Å². The van der Waals surface area contributed by atoms with Gasteiger partial charge in [0.1, 0.15) is 5.75 Å². The lowest BCUT2D eigenvalue weighted by atomic mass is 10.0. The molecule has 1 aliphatic heterocycles. The van der Waals surface area contributed by atoms with Crippen molar-refractivity contribution in [3.05, 3.63) is 59.1 Å². The Morgan fingerprint density at radius 1 is 1.04 bits per heavy atom. The van der Waals surface area contributed by atoms with Crippen molar-refractivity contribution in [3.63, 3.8) is 0 Å². The number of ketones is 1. The maximum absolute atomic E-state index is 12.2. The molecule has 0 bridgehead atoms. The Labute approximate surface area is 145 Å². The van der Waals surface area contributed by atoms with Crippen molar-refractivity contribution >= 4 is 29.0 Å². The molecule has 130 valence electrons. The molecule has 4 nitrogen and oxygen atoms in total. The van der Waals surface area contributed by atoms with Crippen LogP contribution in [0.4, 0.5) is 18.9 Å². The third-order valence-electron chi connectivity index (χ3n) is 3.76. The van der Waals surface area contributed by atoms with E-state index in [0.29, 0.717) is 10.6 Å². The van der Waals surface area contributed by atoms with E-state index < -0.39 is 29.8 Å². The summed E-state index contributed by atoms with van der Waals surface area (Å²) in [5.41, 5.74) is 0.884. The zero-order valence-electron chi connectivity index (χ0n) is 12.6. The van der Waals surface area contributed by atoms with Gasteiger partial charge in [0.25, 0.3) is 5.91 Å². The van der Waals surface area contributed by atoms with E-state index in [-0.39, 0.29) is 12.1 Å². The van der Waals surface area contributed by atoms with Crippen molar-refractivity contribution in [2.75, 3.05) is 4.90 Å². The van der Waals surface area contributed by atoms with E-state index in [1.807, 2.05) is 0 Å². The summed E-state index contributed by atoms with van der Waals surface area (Å²) in [5.74, 6) is -1.72. The first-order valence-corrected chi connectivity index (χ1v) is 7.60. The number of ether oxygens (including phenoxy) is 1. The molecule has 25 heavy (non-hydrogen) atoms. The van der Waals surface area contributed by atoms with Gasteiger partial charge in [-0.25, -0.2) is 0 Å². The predicted molar refractivity (Wildman–Crippen MR) is 84.4 cm³/mol. The first-order chi connectivity index (χ1) is 11.8. The first kappa shape index (κ1) is 17.3. The minimum atomic E-state index is -4.80. The highest BCUT2D eigenvalue weighted by molar-refractivity contribution is 6.44. The summed E-state index contributed by atoms with van der Waals surface area (Å²) in [7, 11) is 0. The molecule has 1 saturated heterocycles. The maximum Gasteiger partial charge on any atom is 0.573 e. The van der Waals surface area contributed by atoms with Gasteiger partial charge in [0.05, 0.1) is 6.04 Å². The van der Waals surface area contributed by atoms with Crippen LogP contribution in [-0.4, -0.2) is 18.1 Å². The number of carbonyl (C=O) groups is 2. The van der Waals surface area contributed by atoms with Gasteiger partial charge in [-0.1, -0.05) is 29.8 Å². The van der Waals surface area contributed by atoms with Crippen LogP contribution in [0.25, 0.3) is 0 Å². The average Bonchev–Trinajstić information content (AvgIpc) is 2.83. The Kier molecular flexibility index (Phi) is 4.43. The Balaban J connectivity index is 1.94. The van der Waals surface area contributed by atoms with Gasteiger partial charge in [-0.05, 0) is 35.9 Å². The van der Waals surface area contributed by atoms with E-state index in [9.17, 15) is 22.8 Å². The first-order valence-electron chi connectivity index (χ1n) is 7.23. The van der Waals surface area contributed by atoms with Gasteiger partial charge >= 0.3 is 6.36 Å². The number of benzene rings is 2.